The molecule has 13 heavy (non-hydrogen) atoms. The molecule has 2 saturated heterocycles. The summed E-state index contributed by atoms with van der Waals surface area (Å²) in [6.07, 6.45) is 1.83. The van der Waals surface area contributed by atoms with Gasteiger partial charge in [0.25, 0.3) is 0 Å². The standard InChI is InChI=1S/C8H13NO3.ClH/c10-6-3-4-1-2-5(9-4)7(6)8(11)12;/h4-7,9-10H,1-3H2,(H,11,12);1H. The third-order valence-electron chi connectivity index (χ3n) is 2.94. The molecule has 2 bridgehead atoms. The molecule has 76 valence electrons. The minimum absolute atomic E-state index is 0. The number of rotatable bonds is 1. The van der Waals surface area contributed by atoms with Gasteiger partial charge < -0.3 is 15.5 Å². The Balaban J connectivity index is 0.000000845. The highest BCUT2D eigenvalue weighted by Crippen LogP contribution is 2.31. The summed E-state index contributed by atoms with van der Waals surface area (Å²) in [7, 11) is 0. The van der Waals surface area contributed by atoms with Gasteiger partial charge in [-0.2, -0.15) is 0 Å². The summed E-state index contributed by atoms with van der Waals surface area (Å²) < 4.78 is 0. The molecule has 0 aromatic carbocycles. The van der Waals surface area contributed by atoms with Gasteiger partial charge in [-0.05, 0) is 19.3 Å². The summed E-state index contributed by atoms with van der Waals surface area (Å²) >= 11 is 0. The molecule has 2 rings (SSSR count). The monoisotopic (exact) mass is 207 g/mol. The molecule has 2 aliphatic rings. The number of fused-ring (bicyclic) bond motifs is 2. The van der Waals surface area contributed by atoms with Crippen molar-refractivity contribution >= 4 is 18.4 Å². The van der Waals surface area contributed by atoms with Gasteiger partial charge in [0.05, 0.1) is 12.0 Å². The van der Waals surface area contributed by atoms with E-state index in [-0.39, 0.29) is 18.4 Å². The predicted octanol–water partition coefficient (Wildman–Crippen LogP) is -0.00580. The quantitative estimate of drug-likeness (QED) is 0.566. The maximum Gasteiger partial charge on any atom is 0.310 e. The highest BCUT2D eigenvalue weighted by Gasteiger charge is 2.44. The van der Waals surface area contributed by atoms with Crippen molar-refractivity contribution in [1.29, 1.82) is 0 Å². The van der Waals surface area contributed by atoms with Crippen molar-refractivity contribution < 1.29 is 15.0 Å². The Kier molecular flexibility index (Phi) is 3.16. The summed E-state index contributed by atoms with van der Waals surface area (Å²) in [5.41, 5.74) is 0. The first-order valence-electron chi connectivity index (χ1n) is 4.35. The number of hydrogen-bond acceptors (Lipinski definition) is 3. The molecule has 3 N–H and O–H groups in total. The van der Waals surface area contributed by atoms with Crippen molar-refractivity contribution in [2.45, 2.75) is 37.5 Å². The molecule has 0 spiro atoms. The smallest absolute Gasteiger partial charge is 0.310 e. The lowest BCUT2D eigenvalue weighted by molar-refractivity contribution is -0.148. The Labute approximate surface area is 82.7 Å². The minimum Gasteiger partial charge on any atom is -0.481 e. The number of piperidine rings is 1. The molecule has 0 radical (unpaired) electrons. The molecular weight excluding hydrogens is 194 g/mol. The second kappa shape index (κ2) is 3.82. The normalized spacial score (nSPS) is 42.5. The first kappa shape index (κ1) is 10.8. The largest absolute Gasteiger partial charge is 0.481 e. The van der Waals surface area contributed by atoms with Crippen LogP contribution in [0.15, 0.2) is 0 Å². The van der Waals surface area contributed by atoms with Crippen LogP contribution in [0.2, 0.25) is 0 Å². The lowest BCUT2D eigenvalue weighted by Gasteiger charge is -2.31. The molecule has 0 aromatic heterocycles. The number of hydrogen-bond donors (Lipinski definition) is 3. The van der Waals surface area contributed by atoms with Crippen LogP contribution < -0.4 is 5.32 Å². The fraction of sp³-hybridized carbons (Fsp3) is 0.875. The maximum atomic E-state index is 10.8. The number of carbonyl (C=O) groups is 1. The van der Waals surface area contributed by atoms with Crippen LogP contribution in [0.1, 0.15) is 19.3 Å². The number of aliphatic carboxylic acids is 1. The second-order valence-corrected chi connectivity index (χ2v) is 3.71. The van der Waals surface area contributed by atoms with E-state index < -0.39 is 18.0 Å². The van der Waals surface area contributed by atoms with Crippen LogP contribution in [0, 0.1) is 5.92 Å². The van der Waals surface area contributed by atoms with E-state index in [9.17, 15) is 9.90 Å². The highest BCUT2D eigenvalue weighted by molar-refractivity contribution is 5.85. The summed E-state index contributed by atoms with van der Waals surface area (Å²) in [6, 6.07) is 0.344. The zero-order chi connectivity index (χ0) is 8.72. The van der Waals surface area contributed by atoms with E-state index in [1.165, 1.54) is 0 Å². The first-order valence-corrected chi connectivity index (χ1v) is 4.35. The van der Waals surface area contributed by atoms with Crippen LogP contribution in [0.5, 0.6) is 0 Å². The minimum atomic E-state index is -0.875. The van der Waals surface area contributed by atoms with Gasteiger partial charge in [-0.25, -0.2) is 0 Å². The highest BCUT2D eigenvalue weighted by atomic mass is 35.5. The van der Waals surface area contributed by atoms with E-state index >= 15 is 0 Å². The van der Waals surface area contributed by atoms with Gasteiger partial charge in [0.1, 0.15) is 0 Å². The Morgan fingerprint density at radius 3 is 2.69 bits per heavy atom. The van der Waals surface area contributed by atoms with Crippen molar-refractivity contribution in [3.05, 3.63) is 0 Å². The van der Waals surface area contributed by atoms with Crippen molar-refractivity contribution in [1.82, 2.24) is 5.32 Å². The number of nitrogens with one attached hydrogen (secondary N) is 1. The van der Waals surface area contributed by atoms with E-state index in [4.69, 9.17) is 5.11 Å². The van der Waals surface area contributed by atoms with Gasteiger partial charge in [0, 0.05) is 12.1 Å². The molecule has 2 fully saturated rings. The zero-order valence-corrected chi connectivity index (χ0v) is 7.96. The van der Waals surface area contributed by atoms with Crippen LogP contribution >= 0.6 is 12.4 Å². The molecule has 4 unspecified atom stereocenters. The third kappa shape index (κ3) is 1.80. The van der Waals surface area contributed by atoms with Gasteiger partial charge >= 0.3 is 5.97 Å². The molecule has 2 aliphatic heterocycles. The summed E-state index contributed by atoms with van der Waals surface area (Å²) in [5.74, 6) is -1.47. The zero-order valence-electron chi connectivity index (χ0n) is 7.14. The molecule has 0 saturated carbocycles. The van der Waals surface area contributed by atoms with E-state index in [1.54, 1.807) is 0 Å². The number of aliphatic hydroxyl groups is 1. The van der Waals surface area contributed by atoms with Crippen LogP contribution in [-0.4, -0.2) is 34.4 Å². The van der Waals surface area contributed by atoms with Crippen LogP contribution in [0.25, 0.3) is 0 Å². The van der Waals surface area contributed by atoms with E-state index in [0.717, 1.165) is 12.8 Å². The van der Waals surface area contributed by atoms with E-state index in [0.29, 0.717) is 12.5 Å². The van der Waals surface area contributed by atoms with Crippen molar-refractivity contribution in [3.63, 3.8) is 0 Å². The Morgan fingerprint density at radius 1 is 1.38 bits per heavy atom. The fourth-order valence-corrected chi connectivity index (χ4v) is 2.36. The molecule has 4 nitrogen and oxygen atoms in total. The molecule has 2 heterocycles. The number of halogens is 1. The average Bonchev–Trinajstić information content (AvgIpc) is 2.31. The number of carboxylic acids is 1. The summed E-state index contributed by atoms with van der Waals surface area (Å²) in [5, 5.41) is 21.5. The Hall–Kier alpha value is -0.320. The predicted molar refractivity (Wildman–Crippen MR) is 48.9 cm³/mol. The maximum absolute atomic E-state index is 10.8. The Bertz CT molecular complexity index is 212. The van der Waals surface area contributed by atoms with Gasteiger partial charge in [-0.15, -0.1) is 12.4 Å². The molecule has 0 aromatic rings. The molecule has 5 heteroatoms. The summed E-state index contributed by atoms with van der Waals surface area (Å²) in [6.45, 7) is 0. The molecular formula is C8H14ClNO3. The van der Waals surface area contributed by atoms with E-state index in [2.05, 4.69) is 5.32 Å². The van der Waals surface area contributed by atoms with Crippen LogP contribution in [0.3, 0.4) is 0 Å². The lowest BCUT2D eigenvalue weighted by atomic mass is 9.89. The Morgan fingerprint density at radius 2 is 2.08 bits per heavy atom. The van der Waals surface area contributed by atoms with Gasteiger partial charge in [-0.3, -0.25) is 4.79 Å². The van der Waals surface area contributed by atoms with Crippen LogP contribution in [-0.2, 0) is 4.79 Å². The van der Waals surface area contributed by atoms with Crippen LogP contribution in [0.4, 0.5) is 0 Å². The van der Waals surface area contributed by atoms with E-state index in [1.807, 2.05) is 0 Å². The molecule has 0 aliphatic carbocycles. The molecule has 0 amide bonds. The van der Waals surface area contributed by atoms with Gasteiger partial charge in [-0.1, -0.05) is 0 Å². The summed E-state index contributed by atoms with van der Waals surface area (Å²) in [4.78, 5) is 10.8. The van der Waals surface area contributed by atoms with Crippen molar-refractivity contribution in [3.8, 4) is 0 Å². The SMILES string of the molecule is Cl.O=C(O)C1C(O)CC2CCC1N2. The average molecular weight is 208 g/mol. The van der Waals surface area contributed by atoms with Gasteiger partial charge in [0.2, 0.25) is 0 Å². The first-order chi connectivity index (χ1) is 5.68. The number of aliphatic hydroxyl groups excluding tert-OH is 1. The van der Waals surface area contributed by atoms with Crippen molar-refractivity contribution in [2.75, 3.05) is 0 Å². The lowest BCUT2D eigenvalue weighted by Crippen LogP contribution is -2.51. The topological polar surface area (TPSA) is 69.6 Å². The third-order valence-corrected chi connectivity index (χ3v) is 2.94. The fourth-order valence-electron chi connectivity index (χ4n) is 2.36. The molecule has 4 atom stereocenters. The van der Waals surface area contributed by atoms with Gasteiger partial charge in [0.15, 0.2) is 0 Å². The second-order valence-electron chi connectivity index (χ2n) is 3.71. The van der Waals surface area contributed by atoms with Crippen molar-refractivity contribution in [2.24, 2.45) is 5.92 Å². The number of carboxylic acid groups (broad SMARTS) is 1.